The fraction of sp³-hybridized carbons (Fsp3) is 0.171. The molecule has 0 amide bonds. The van der Waals surface area contributed by atoms with E-state index in [2.05, 4.69) is 81.3 Å². The quantitative estimate of drug-likeness (QED) is 0.0950. The maximum atomic E-state index is 11.0. The third-order valence-corrected chi connectivity index (χ3v) is 5.99. The van der Waals surface area contributed by atoms with Gasteiger partial charge in [-0.1, -0.05) is 93.3 Å². The summed E-state index contributed by atoms with van der Waals surface area (Å²) in [7, 11) is 1.66. The van der Waals surface area contributed by atoms with Crippen LogP contribution in [0.2, 0.25) is 0 Å². The molecule has 4 aromatic carbocycles. The summed E-state index contributed by atoms with van der Waals surface area (Å²) < 4.78 is 9.86. The van der Waals surface area contributed by atoms with Crippen LogP contribution in [0.5, 0.6) is 17.2 Å². The third kappa shape index (κ3) is 10.5. The number of benzene rings is 4. The number of carbonyl (C=O) groups is 1. The standard InChI is InChI=1S/C12H8.C10H10O3.C9H10O.C4H10S/c1-3-9-4-2-6-11-8-7-10(5-1)12(9)11;1-7(2)10(12)13-9-5-3-8(11)4-6-9;1-3-8-4-6-9(10-2)7-5-8;1-2-3-4-5/h1-8H;3-6,11H,1H2,2H3;3-7H,1H2,2H3;5H,2-4H2,1H3. The summed E-state index contributed by atoms with van der Waals surface area (Å²) in [5, 5.41) is 11.7. The Hall–Kier alpha value is -4.22. The number of esters is 1. The van der Waals surface area contributed by atoms with Crippen molar-refractivity contribution in [3.05, 3.63) is 120 Å². The minimum Gasteiger partial charge on any atom is -0.508 e. The molecule has 5 rings (SSSR count). The highest BCUT2D eigenvalue weighted by Crippen LogP contribution is 2.30. The van der Waals surface area contributed by atoms with Crippen molar-refractivity contribution >= 4 is 47.6 Å². The average molecular weight is 555 g/mol. The molecule has 4 nitrogen and oxygen atoms in total. The van der Waals surface area contributed by atoms with E-state index in [0.717, 1.165) is 17.1 Å². The van der Waals surface area contributed by atoms with Crippen LogP contribution in [0, 0.1) is 0 Å². The maximum absolute atomic E-state index is 11.0. The summed E-state index contributed by atoms with van der Waals surface area (Å²) in [6.45, 7) is 10.8. The molecule has 208 valence electrons. The van der Waals surface area contributed by atoms with Crippen LogP contribution in [0.15, 0.2) is 104 Å². The number of hydrogen-bond donors (Lipinski definition) is 2. The molecule has 0 saturated heterocycles. The zero-order valence-corrected chi connectivity index (χ0v) is 24.4. The van der Waals surface area contributed by atoms with Crippen molar-refractivity contribution in [2.75, 3.05) is 12.9 Å². The normalized spacial score (nSPS) is 10.1. The van der Waals surface area contributed by atoms with Gasteiger partial charge in [0.15, 0.2) is 0 Å². The molecular weight excluding hydrogens is 516 g/mol. The van der Waals surface area contributed by atoms with Crippen LogP contribution in [0.1, 0.15) is 43.4 Å². The van der Waals surface area contributed by atoms with E-state index < -0.39 is 5.97 Å². The zero-order valence-electron chi connectivity index (χ0n) is 23.5. The molecule has 0 bridgehead atoms. The van der Waals surface area contributed by atoms with E-state index in [9.17, 15) is 4.79 Å². The van der Waals surface area contributed by atoms with Crippen LogP contribution in [-0.4, -0.2) is 23.9 Å². The molecule has 1 N–H and O–H groups in total. The molecule has 0 radical (unpaired) electrons. The van der Waals surface area contributed by atoms with Gasteiger partial charge in [0.2, 0.25) is 0 Å². The van der Waals surface area contributed by atoms with E-state index >= 15 is 0 Å². The molecule has 4 aromatic rings. The van der Waals surface area contributed by atoms with Crippen LogP contribution in [-0.2, 0) is 4.79 Å². The Morgan fingerprint density at radius 3 is 1.88 bits per heavy atom. The summed E-state index contributed by atoms with van der Waals surface area (Å²) in [6.07, 6.45) is 8.68. The van der Waals surface area contributed by atoms with Gasteiger partial charge in [-0.25, -0.2) is 4.79 Å². The van der Waals surface area contributed by atoms with Gasteiger partial charge in [-0.3, -0.25) is 0 Å². The summed E-state index contributed by atoms with van der Waals surface area (Å²) >= 11 is 4.00. The molecule has 40 heavy (non-hydrogen) atoms. The van der Waals surface area contributed by atoms with Gasteiger partial charge in [0.05, 0.1) is 7.11 Å². The molecule has 0 saturated carbocycles. The Kier molecular flexibility index (Phi) is 13.9. The van der Waals surface area contributed by atoms with Gasteiger partial charge in [0.1, 0.15) is 17.2 Å². The zero-order chi connectivity index (χ0) is 29.3. The molecule has 0 fully saturated rings. The number of phenolic OH excluding ortho intramolecular Hbond substituents is 1. The number of rotatable bonds is 6. The number of carbonyl (C=O) groups excluding carboxylic acids is 1. The first-order chi connectivity index (χ1) is 19.3. The minimum absolute atomic E-state index is 0.134. The van der Waals surface area contributed by atoms with Crippen LogP contribution in [0.25, 0.3) is 29.0 Å². The molecule has 0 spiro atoms. The van der Waals surface area contributed by atoms with E-state index in [4.69, 9.17) is 14.6 Å². The van der Waals surface area contributed by atoms with Crippen molar-refractivity contribution in [2.45, 2.75) is 26.7 Å². The summed E-state index contributed by atoms with van der Waals surface area (Å²) in [5.41, 5.74) is 4.15. The summed E-state index contributed by atoms with van der Waals surface area (Å²) in [6, 6.07) is 26.5. The number of methoxy groups -OCH3 is 1. The highest BCUT2D eigenvalue weighted by atomic mass is 32.1. The fourth-order valence-electron chi connectivity index (χ4n) is 3.46. The molecule has 1 aliphatic carbocycles. The lowest BCUT2D eigenvalue weighted by atomic mass is 10.0. The highest BCUT2D eigenvalue weighted by Gasteiger charge is 2.06. The van der Waals surface area contributed by atoms with Crippen LogP contribution in [0.3, 0.4) is 0 Å². The Labute approximate surface area is 243 Å². The number of thiol groups is 1. The number of unbranched alkanes of at least 4 members (excludes halogenated alkanes) is 1. The van der Waals surface area contributed by atoms with Crippen LogP contribution < -0.4 is 9.47 Å². The van der Waals surface area contributed by atoms with Gasteiger partial charge < -0.3 is 14.6 Å². The van der Waals surface area contributed by atoms with Gasteiger partial charge in [0.25, 0.3) is 0 Å². The Morgan fingerprint density at radius 2 is 1.45 bits per heavy atom. The number of phenols is 1. The lowest BCUT2D eigenvalue weighted by molar-refractivity contribution is -0.130. The maximum Gasteiger partial charge on any atom is 0.338 e. The van der Waals surface area contributed by atoms with Crippen molar-refractivity contribution in [3.8, 4) is 17.2 Å². The van der Waals surface area contributed by atoms with Crippen molar-refractivity contribution in [1.82, 2.24) is 0 Å². The predicted molar refractivity (Wildman–Crippen MR) is 173 cm³/mol. The van der Waals surface area contributed by atoms with Crippen molar-refractivity contribution < 1.29 is 19.4 Å². The average Bonchev–Trinajstić information content (AvgIpc) is 3.41. The second-order valence-corrected chi connectivity index (χ2v) is 9.29. The molecule has 0 unspecified atom stereocenters. The second-order valence-electron chi connectivity index (χ2n) is 8.84. The first-order valence-corrected chi connectivity index (χ1v) is 13.7. The highest BCUT2D eigenvalue weighted by molar-refractivity contribution is 7.80. The first-order valence-electron chi connectivity index (χ1n) is 13.1. The molecule has 0 heterocycles. The minimum atomic E-state index is -0.467. The molecule has 0 aliphatic heterocycles. The monoisotopic (exact) mass is 554 g/mol. The fourth-order valence-corrected chi connectivity index (χ4v) is 3.78. The first kappa shape index (κ1) is 32.0. The van der Waals surface area contributed by atoms with Gasteiger partial charge in [0, 0.05) is 5.57 Å². The molecule has 5 heteroatoms. The second kappa shape index (κ2) is 17.4. The number of ether oxygens (including phenoxy) is 2. The van der Waals surface area contributed by atoms with Crippen LogP contribution in [0.4, 0.5) is 0 Å². The Bertz CT molecular complexity index is 1360. The van der Waals surface area contributed by atoms with Crippen molar-refractivity contribution in [2.24, 2.45) is 0 Å². The van der Waals surface area contributed by atoms with Gasteiger partial charge in [-0.05, 0) is 83.0 Å². The molecule has 1 aliphatic rings. The summed E-state index contributed by atoms with van der Waals surface area (Å²) in [5.74, 6) is 1.98. The van der Waals surface area contributed by atoms with E-state index in [-0.39, 0.29) is 5.75 Å². The SMILES string of the molecule is C1=Cc2cccc3cccc1c23.C=C(C)C(=O)Oc1ccc(O)cc1.C=Cc1ccc(OC)cc1.CCCCS. The summed E-state index contributed by atoms with van der Waals surface area (Å²) in [4.78, 5) is 11.0. The van der Waals surface area contributed by atoms with Gasteiger partial charge in [-0.2, -0.15) is 12.6 Å². The van der Waals surface area contributed by atoms with E-state index in [1.165, 1.54) is 59.0 Å². The largest absolute Gasteiger partial charge is 0.508 e. The number of hydrogen-bond acceptors (Lipinski definition) is 5. The smallest absolute Gasteiger partial charge is 0.338 e. The lowest BCUT2D eigenvalue weighted by Gasteiger charge is -2.02. The van der Waals surface area contributed by atoms with Crippen molar-refractivity contribution in [3.63, 3.8) is 0 Å². The molecular formula is C35H38O4S. The van der Waals surface area contributed by atoms with Gasteiger partial charge >= 0.3 is 5.97 Å². The predicted octanol–water partition coefficient (Wildman–Crippen LogP) is 9.25. The Balaban J connectivity index is 0.000000195. The molecule has 0 aromatic heterocycles. The van der Waals surface area contributed by atoms with Crippen LogP contribution >= 0.6 is 12.6 Å². The lowest BCUT2D eigenvalue weighted by Crippen LogP contribution is -2.07. The van der Waals surface area contributed by atoms with E-state index in [1.54, 1.807) is 20.1 Å². The molecule has 0 atom stereocenters. The van der Waals surface area contributed by atoms with E-state index in [0.29, 0.717) is 11.3 Å². The Morgan fingerprint density at radius 1 is 0.900 bits per heavy atom. The third-order valence-electron chi connectivity index (χ3n) is 5.67. The van der Waals surface area contributed by atoms with E-state index in [1.807, 2.05) is 24.3 Å². The van der Waals surface area contributed by atoms with Gasteiger partial charge in [-0.15, -0.1) is 0 Å². The topological polar surface area (TPSA) is 55.8 Å². The van der Waals surface area contributed by atoms with Crippen molar-refractivity contribution in [1.29, 1.82) is 0 Å². The number of aromatic hydroxyl groups is 1.